The molecule has 26 heavy (non-hydrogen) atoms. The third-order valence-corrected chi connectivity index (χ3v) is 4.65. The summed E-state index contributed by atoms with van der Waals surface area (Å²) in [5.41, 5.74) is 0.940. The number of carboxylic acid groups (broad SMARTS) is 1. The molecule has 6 nitrogen and oxygen atoms in total. The number of piperidine rings is 1. The number of benzene rings is 1. The normalized spacial score (nSPS) is 14.8. The van der Waals surface area contributed by atoms with E-state index in [9.17, 15) is 9.59 Å². The molecule has 0 aliphatic carbocycles. The molecule has 1 aliphatic rings. The molecule has 1 heterocycles. The fourth-order valence-electron chi connectivity index (χ4n) is 3.00. The SMILES string of the molecule is O=C(O)CCC(=O)NCCc1cc(Cl)ccc1OCCN1CCCCC1. The predicted molar refractivity (Wildman–Crippen MR) is 101 cm³/mol. The molecule has 0 saturated carbocycles. The number of hydrogen-bond acceptors (Lipinski definition) is 4. The molecule has 1 saturated heterocycles. The van der Waals surface area contributed by atoms with Crippen LogP contribution in [0, 0.1) is 0 Å². The van der Waals surface area contributed by atoms with E-state index in [1.165, 1.54) is 19.3 Å². The fourth-order valence-corrected chi connectivity index (χ4v) is 3.19. The Labute approximate surface area is 159 Å². The smallest absolute Gasteiger partial charge is 0.303 e. The van der Waals surface area contributed by atoms with Crippen molar-refractivity contribution in [3.8, 4) is 5.75 Å². The molecule has 0 atom stereocenters. The number of carbonyl (C=O) groups is 2. The molecule has 0 radical (unpaired) electrons. The van der Waals surface area contributed by atoms with Gasteiger partial charge in [0.15, 0.2) is 0 Å². The zero-order valence-corrected chi connectivity index (χ0v) is 15.8. The van der Waals surface area contributed by atoms with Crippen molar-refractivity contribution in [3.05, 3.63) is 28.8 Å². The van der Waals surface area contributed by atoms with Gasteiger partial charge >= 0.3 is 5.97 Å². The molecule has 2 rings (SSSR count). The van der Waals surface area contributed by atoms with Crippen molar-refractivity contribution >= 4 is 23.5 Å². The van der Waals surface area contributed by atoms with Crippen molar-refractivity contribution in [3.63, 3.8) is 0 Å². The summed E-state index contributed by atoms with van der Waals surface area (Å²) < 4.78 is 5.94. The van der Waals surface area contributed by atoms with Gasteiger partial charge in [0.1, 0.15) is 12.4 Å². The number of aliphatic carboxylic acids is 1. The number of rotatable bonds is 10. The molecule has 0 unspecified atom stereocenters. The zero-order valence-electron chi connectivity index (χ0n) is 15.0. The second-order valence-electron chi connectivity index (χ2n) is 6.50. The minimum atomic E-state index is -0.973. The summed E-state index contributed by atoms with van der Waals surface area (Å²) in [5.74, 6) is -0.451. The van der Waals surface area contributed by atoms with E-state index in [0.29, 0.717) is 24.6 Å². The van der Waals surface area contributed by atoms with Crippen LogP contribution < -0.4 is 10.1 Å². The van der Waals surface area contributed by atoms with Gasteiger partial charge < -0.3 is 15.2 Å². The van der Waals surface area contributed by atoms with Gasteiger partial charge in [0.25, 0.3) is 0 Å². The number of carbonyl (C=O) groups excluding carboxylic acids is 1. The van der Waals surface area contributed by atoms with Crippen molar-refractivity contribution in [2.75, 3.05) is 32.8 Å². The van der Waals surface area contributed by atoms with E-state index in [-0.39, 0.29) is 18.7 Å². The Bertz CT molecular complexity index is 603. The number of halogens is 1. The fraction of sp³-hybridized carbons (Fsp3) is 0.579. The molecule has 7 heteroatoms. The van der Waals surface area contributed by atoms with E-state index in [1.54, 1.807) is 6.07 Å². The highest BCUT2D eigenvalue weighted by Crippen LogP contribution is 2.23. The Morgan fingerprint density at radius 3 is 2.69 bits per heavy atom. The van der Waals surface area contributed by atoms with E-state index in [1.807, 2.05) is 12.1 Å². The largest absolute Gasteiger partial charge is 0.492 e. The number of nitrogens with zero attached hydrogens (tertiary/aromatic N) is 1. The number of nitrogens with one attached hydrogen (secondary N) is 1. The molecule has 0 bridgehead atoms. The van der Waals surface area contributed by atoms with Gasteiger partial charge in [0.05, 0.1) is 6.42 Å². The van der Waals surface area contributed by atoms with Crippen LogP contribution in [0.3, 0.4) is 0 Å². The van der Waals surface area contributed by atoms with E-state index in [2.05, 4.69) is 10.2 Å². The van der Waals surface area contributed by atoms with Gasteiger partial charge in [-0.2, -0.15) is 0 Å². The molecule has 0 aromatic heterocycles. The van der Waals surface area contributed by atoms with E-state index < -0.39 is 5.97 Å². The molecule has 1 aromatic rings. The molecule has 1 fully saturated rings. The predicted octanol–water partition coefficient (Wildman–Crippen LogP) is 2.73. The number of carboxylic acids is 1. The summed E-state index contributed by atoms with van der Waals surface area (Å²) in [4.78, 5) is 24.5. The van der Waals surface area contributed by atoms with Crippen LogP contribution in [0.15, 0.2) is 18.2 Å². The molecular weight excluding hydrogens is 356 g/mol. The Morgan fingerprint density at radius 1 is 1.19 bits per heavy atom. The van der Waals surface area contributed by atoms with Gasteiger partial charge in [0, 0.05) is 24.5 Å². The summed E-state index contributed by atoms with van der Waals surface area (Å²) in [7, 11) is 0. The maximum atomic E-state index is 11.6. The highest BCUT2D eigenvalue weighted by atomic mass is 35.5. The first-order valence-corrected chi connectivity index (χ1v) is 9.54. The first kappa shape index (κ1) is 20.5. The summed E-state index contributed by atoms with van der Waals surface area (Å²) in [5, 5.41) is 12.0. The summed E-state index contributed by atoms with van der Waals surface area (Å²) in [6.07, 6.45) is 4.24. The van der Waals surface area contributed by atoms with Gasteiger partial charge in [0.2, 0.25) is 5.91 Å². The molecule has 0 spiro atoms. The maximum Gasteiger partial charge on any atom is 0.303 e. The average Bonchev–Trinajstić information content (AvgIpc) is 2.62. The molecule has 1 amide bonds. The number of ether oxygens (including phenoxy) is 1. The quantitative estimate of drug-likeness (QED) is 0.650. The van der Waals surface area contributed by atoms with Gasteiger partial charge in [-0.1, -0.05) is 18.0 Å². The summed E-state index contributed by atoms with van der Waals surface area (Å²) in [6, 6.07) is 5.51. The molecule has 144 valence electrons. The Hall–Kier alpha value is -1.79. The Kier molecular flexibility index (Phi) is 8.71. The summed E-state index contributed by atoms with van der Waals surface area (Å²) in [6.45, 7) is 4.23. The highest BCUT2D eigenvalue weighted by Gasteiger charge is 2.11. The van der Waals surface area contributed by atoms with Crippen molar-refractivity contribution < 1.29 is 19.4 Å². The van der Waals surface area contributed by atoms with E-state index in [0.717, 1.165) is 30.9 Å². The van der Waals surface area contributed by atoms with Crippen LogP contribution in [0.2, 0.25) is 5.02 Å². The van der Waals surface area contributed by atoms with Crippen LogP contribution in [-0.4, -0.2) is 54.7 Å². The van der Waals surface area contributed by atoms with Gasteiger partial charge in [-0.05, 0) is 56.1 Å². The van der Waals surface area contributed by atoms with Crippen LogP contribution in [-0.2, 0) is 16.0 Å². The zero-order chi connectivity index (χ0) is 18.8. The lowest BCUT2D eigenvalue weighted by Gasteiger charge is -2.26. The minimum absolute atomic E-state index is 0.00985. The average molecular weight is 383 g/mol. The van der Waals surface area contributed by atoms with Crippen molar-refractivity contribution in [1.29, 1.82) is 0 Å². The minimum Gasteiger partial charge on any atom is -0.492 e. The second-order valence-corrected chi connectivity index (χ2v) is 6.93. The van der Waals surface area contributed by atoms with Crippen molar-refractivity contribution in [1.82, 2.24) is 10.2 Å². The van der Waals surface area contributed by atoms with Crippen LogP contribution in [0.4, 0.5) is 0 Å². The van der Waals surface area contributed by atoms with Gasteiger partial charge in [-0.3, -0.25) is 14.5 Å². The molecule has 1 aromatic carbocycles. The van der Waals surface area contributed by atoms with E-state index in [4.69, 9.17) is 21.4 Å². The van der Waals surface area contributed by atoms with Crippen molar-refractivity contribution in [2.45, 2.75) is 38.5 Å². The monoisotopic (exact) mass is 382 g/mol. The van der Waals surface area contributed by atoms with Crippen molar-refractivity contribution in [2.24, 2.45) is 0 Å². The standard InChI is InChI=1S/C19H27ClN2O4/c20-16-4-5-17(26-13-12-22-10-2-1-3-11-22)15(14-16)8-9-21-18(23)6-7-19(24)25/h4-5,14H,1-3,6-13H2,(H,21,23)(H,24,25). The van der Waals surface area contributed by atoms with Gasteiger partial charge in [-0.25, -0.2) is 0 Å². The number of likely N-dealkylation sites (tertiary alicyclic amines) is 1. The van der Waals surface area contributed by atoms with Crippen LogP contribution in [0.25, 0.3) is 0 Å². The van der Waals surface area contributed by atoms with Gasteiger partial charge in [-0.15, -0.1) is 0 Å². The lowest BCUT2D eigenvalue weighted by Crippen LogP contribution is -2.33. The van der Waals surface area contributed by atoms with Crippen LogP contribution in [0.1, 0.15) is 37.7 Å². The Balaban J connectivity index is 1.78. The first-order valence-electron chi connectivity index (χ1n) is 9.16. The second kappa shape index (κ2) is 11.0. The third-order valence-electron chi connectivity index (χ3n) is 4.42. The molecule has 2 N–H and O–H groups in total. The molecular formula is C19H27ClN2O4. The van der Waals surface area contributed by atoms with E-state index >= 15 is 0 Å². The first-order chi connectivity index (χ1) is 12.5. The number of hydrogen-bond donors (Lipinski definition) is 2. The Morgan fingerprint density at radius 2 is 1.96 bits per heavy atom. The lowest BCUT2D eigenvalue weighted by molar-refractivity contribution is -0.138. The summed E-state index contributed by atoms with van der Waals surface area (Å²) >= 11 is 6.08. The third kappa shape index (κ3) is 7.62. The lowest BCUT2D eigenvalue weighted by atomic mass is 10.1. The maximum absolute atomic E-state index is 11.6. The highest BCUT2D eigenvalue weighted by molar-refractivity contribution is 6.30. The number of amides is 1. The van der Waals surface area contributed by atoms with Crippen LogP contribution >= 0.6 is 11.6 Å². The van der Waals surface area contributed by atoms with Crippen LogP contribution in [0.5, 0.6) is 5.75 Å². The topological polar surface area (TPSA) is 78.9 Å². The molecule has 1 aliphatic heterocycles.